The molecule has 0 bridgehead atoms. The van der Waals surface area contributed by atoms with E-state index in [4.69, 9.17) is 16.2 Å². The predicted molar refractivity (Wildman–Crippen MR) is 131 cm³/mol. The van der Waals surface area contributed by atoms with Crippen LogP contribution in [-0.4, -0.2) is 97.5 Å². The summed E-state index contributed by atoms with van der Waals surface area (Å²) in [6.07, 6.45) is 0.976. The van der Waals surface area contributed by atoms with E-state index >= 15 is 0 Å². The van der Waals surface area contributed by atoms with Gasteiger partial charge in [-0.3, -0.25) is 30.9 Å². The summed E-state index contributed by atoms with van der Waals surface area (Å²) in [7, 11) is 0. The van der Waals surface area contributed by atoms with Gasteiger partial charge in [-0.05, 0) is 12.8 Å². The van der Waals surface area contributed by atoms with Crippen LogP contribution in [0.3, 0.4) is 0 Å². The minimum absolute atomic E-state index is 0.0133. The van der Waals surface area contributed by atoms with Crippen LogP contribution in [0, 0.1) is 0 Å². The van der Waals surface area contributed by atoms with E-state index in [9.17, 15) is 24.9 Å². The van der Waals surface area contributed by atoms with Gasteiger partial charge in [0.2, 0.25) is 23.6 Å². The second-order valence-electron chi connectivity index (χ2n) is 10.9. The molecule has 5 aliphatic heterocycles. The van der Waals surface area contributed by atoms with E-state index in [1.54, 1.807) is 6.07 Å². The Balaban J connectivity index is 1.21. The number of imide groups is 1. The lowest BCUT2D eigenvalue weighted by molar-refractivity contribution is -0.590. The number of fused-ring (bicyclic) bond motifs is 2. The van der Waals surface area contributed by atoms with E-state index in [0.29, 0.717) is 17.9 Å². The largest absolute Gasteiger partial charge is 0.492 e. The van der Waals surface area contributed by atoms with E-state index in [2.05, 4.69) is 20.6 Å². The van der Waals surface area contributed by atoms with Crippen LogP contribution < -0.4 is 26.8 Å². The minimum atomic E-state index is -2.64. The number of rotatable bonds is 5. The second kappa shape index (κ2) is 7.50. The smallest absolute Gasteiger partial charge is 0.346 e. The first-order chi connectivity index (χ1) is 18.1. The van der Waals surface area contributed by atoms with Gasteiger partial charge >= 0.3 is 5.96 Å². The number of ether oxygens (including phenoxy) is 1. The van der Waals surface area contributed by atoms with Crippen LogP contribution in [0.5, 0.6) is 5.75 Å². The fraction of sp³-hybridized carbons (Fsp3) is 0.542. The number of aliphatic imine (C=N–C) groups is 2. The molecule has 14 heteroatoms. The molecule has 1 saturated carbocycles. The Labute approximate surface area is 216 Å². The summed E-state index contributed by atoms with van der Waals surface area (Å²) in [6.45, 7) is 0.360. The molecular formula is C24H29N8O6+. The molecule has 1 aromatic rings. The number of amides is 2. The molecule has 0 aromatic heterocycles. The number of carbonyl (C=O) groups is 2. The van der Waals surface area contributed by atoms with Gasteiger partial charge in [0.05, 0.1) is 19.7 Å². The summed E-state index contributed by atoms with van der Waals surface area (Å²) in [6, 6.07) is 3.56. The number of aliphatic hydroxyl groups excluding tert-OH is 1. The number of guanidine groups is 2. The fourth-order valence-corrected chi connectivity index (χ4v) is 6.51. The summed E-state index contributed by atoms with van der Waals surface area (Å²) in [5.41, 5.74) is 12.0. The molecule has 5 heterocycles. The van der Waals surface area contributed by atoms with Crippen molar-refractivity contribution in [2.75, 3.05) is 19.7 Å². The molecule has 2 unspecified atom stereocenters. The van der Waals surface area contributed by atoms with Crippen molar-refractivity contribution in [1.29, 1.82) is 0 Å². The number of nitrogens with one attached hydrogen (secondary N) is 2. The zero-order valence-corrected chi connectivity index (χ0v) is 20.4. The van der Waals surface area contributed by atoms with Crippen LogP contribution in [0.1, 0.15) is 43.0 Å². The lowest BCUT2D eigenvalue weighted by Crippen LogP contribution is -2.73. The second-order valence-corrected chi connectivity index (χ2v) is 10.9. The molecule has 1 aliphatic carbocycles. The molecule has 38 heavy (non-hydrogen) atoms. The normalized spacial score (nSPS) is 32.4. The Morgan fingerprint density at radius 3 is 2.68 bits per heavy atom. The fourth-order valence-electron chi connectivity index (χ4n) is 6.51. The van der Waals surface area contributed by atoms with Crippen molar-refractivity contribution in [2.45, 2.75) is 60.9 Å². The topological polar surface area (TPSA) is 211 Å². The zero-order valence-electron chi connectivity index (χ0n) is 20.4. The van der Waals surface area contributed by atoms with Crippen molar-refractivity contribution in [3.05, 3.63) is 29.3 Å². The van der Waals surface area contributed by atoms with E-state index in [1.165, 1.54) is 4.58 Å². The number of para-hydroxylation sites is 1. The van der Waals surface area contributed by atoms with Crippen molar-refractivity contribution < 1.29 is 34.2 Å². The number of nitrogens with two attached hydrogens (primary N) is 2. The van der Waals surface area contributed by atoms with E-state index in [1.807, 2.05) is 12.1 Å². The van der Waals surface area contributed by atoms with Gasteiger partial charge in [0, 0.05) is 29.4 Å². The molecule has 0 radical (unpaired) electrons. The van der Waals surface area contributed by atoms with E-state index < -0.39 is 29.8 Å². The third kappa shape index (κ3) is 2.93. The summed E-state index contributed by atoms with van der Waals surface area (Å²) >= 11 is 0. The lowest BCUT2D eigenvalue weighted by atomic mass is 9.87. The Bertz CT molecular complexity index is 1370. The van der Waals surface area contributed by atoms with Crippen LogP contribution in [0.15, 0.2) is 28.2 Å². The molecule has 4 atom stereocenters. The Morgan fingerprint density at radius 1 is 1.24 bits per heavy atom. The quantitative estimate of drug-likeness (QED) is 0.115. The van der Waals surface area contributed by atoms with Gasteiger partial charge in [-0.2, -0.15) is 4.99 Å². The third-order valence-corrected chi connectivity index (χ3v) is 8.70. The minimum Gasteiger partial charge on any atom is -0.492 e. The summed E-state index contributed by atoms with van der Waals surface area (Å²) in [5.74, 6) is -2.87. The first-order valence-electron chi connectivity index (χ1n) is 12.7. The van der Waals surface area contributed by atoms with Crippen LogP contribution in [0.2, 0.25) is 0 Å². The summed E-state index contributed by atoms with van der Waals surface area (Å²) in [4.78, 5) is 34.2. The van der Waals surface area contributed by atoms with E-state index in [0.717, 1.165) is 23.3 Å². The first kappa shape index (κ1) is 23.5. The Morgan fingerprint density at radius 2 is 1.97 bits per heavy atom. The van der Waals surface area contributed by atoms with Crippen molar-refractivity contribution in [1.82, 2.24) is 15.5 Å². The van der Waals surface area contributed by atoms with Gasteiger partial charge in [0.1, 0.15) is 29.8 Å². The molecule has 14 nitrogen and oxygen atoms in total. The van der Waals surface area contributed by atoms with Gasteiger partial charge in [0.15, 0.2) is 0 Å². The van der Waals surface area contributed by atoms with Crippen molar-refractivity contribution in [3.63, 3.8) is 0 Å². The molecule has 7 rings (SSSR count). The SMILES string of the molecule is NC1=NC23C(=N1)[C@H](CN1C(=O)CCC1=O)NC(N)=[N+]2C[C@H](NC(O)c1cccc2c1OCC21CC1)C3(O)O. The van der Waals surface area contributed by atoms with E-state index in [-0.39, 0.29) is 60.8 Å². The lowest BCUT2D eigenvalue weighted by Gasteiger charge is -2.39. The third-order valence-electron chi connectivity index (χ3n) is 8.70. The molecular weight excluding hydrogens is 496 g/mol. The van der Waals surface area contributed by atoms with Gasteiger partial charge in [-0.25, -0.2) is 9.57 Å². The monoisotopic (exact) mass is 525 g/mol. The van der Waals surface area contributed by atoms with Crippen LogP contribution in [0.4, 0.5) is 0 Å². The summed E-state index contributed by atoms with van der Waals surface area (Å²) in [5, 5.41) is 40.4. The number of hydrogen-bond donors (Lipinski definition) is 7. The van der Waals surface area contributed by atoms with Gasteiger partial charge in [-0.15, -0.1) is 0 Å². The molecule has 2 spiro atoms. The molecule has 3 fully saturated rings. The molecule has 1 aromatic carbocycles. The molecule has 2 saturated heterocycles. The average molecular weight is 526 g/mol. The number of likely N-dealkylation sites (tertiary alicyclic amines) is 1. The predicted octanol–water partition coefficient (Wildman–Crippen LogP) is -3.33. The highest BCUT2D eigenvalue weighted by Gasteiger charge is 2.73. The number of hydrogen-bond acceptors (Lipinski definition) is 12. The maximum Gasteiger partial charge on any atom is 0.346 e. The van der Waals surface area contributed by atoms with Gasteiger partial charge in [-0.1, -0.05) is 18.2 Å². The number of benzene rings is 1. The molecule has 200 valence electrons. The number of carbonyl (C=O) groups excluding carboxylic acids is 2. The summed E-state index contributed by atoms with van der Waals surface area (Å²) < 4.78 is 7.37. The van der Waals surface area contributed by atoms with Gasteiger partial charge < -0.3 is 25.8 Å². The van der Waals surface area contributed by atoms with Crippen molar-refractivity contribution >= 4 is 29.4 Å². The Hall–Kier alpha value is -3.59. The molecule has 6 aliphatic rings. The first-order valence-corrected chi connectivity index (χ1v) is 12.7. The highest BCUT2D eigenvalue weighted by molar-refractivity contribution is 6.13. The standard InChI is InChI=1S/C24H28N8O6/c25-20-29-18-13(8-31-15(33)4-5-16(31)34)27-21(26)32-9-14(24(36,37)23(18,32)30-20)28-19(35)11-2-1-3-12-17(11)38-10-22(12)6-7-22/h1-3,13-14,19,28,35-37H,4-10H2,(H4,25,26,27,30)/p+1/t13-,14-,19?,23?/m0/s1. The van der Waals surface area contributed by atoms with Crippen LogP contribution in [-0.2, 0) is 15.0 Å². The zero-order chi connectivity index (χ0) is 26.6. The number of aliphatic hydroxyl groups is 3. The highest BCUT2D eigenvalue weighted by atomic mass is 16.5. The van der Waals surface area contributed by atoms with Gasteiger partial charge in [0.25, 0.3) is 5.66 Å². The molecule has 2 amide bonds. The molecule has 9 N–H and O–H groups in total. The maximum atomic E-state index is 12.3. The van der Waals surface area contributed by atoms with Crippen LogP contribution in [0.25, 0.3) is 0 Å². The average Bonchev–Trinajstić information content (AvgIpc) is 3.18. The van der Waals surface area contributed by atoms with Crippen molar-refractivity contribution in [3.8, 4) is 5.75 Å². The highest BCUT2D eigenvalue weighted by Crippen LogP contribution is 2.56. The van der Waals surface area contributed by atoms with Crippen molar-refractivity contribution in [2.24, 2.45) is 21.5 Å². The Kier molecular flexibility index (Phi) is 4.64. The number of nitrogens with zero attached hydrogens (tertiary/aromatic N) is 4. The maximum absolute atomic E-state index is 12.3. The van der Waals surface area contributed by atoms with Crippen LogP contribution >= 0.6 is 0 Å².